The molecule has 0 aliphatic carbocycles. The predicted octanol–water partition coefficient (Wildman–Crippen LogP) is 0.977. The Hall–Kier alpha value is -3.36. The number of fused-ring (bicyclic) bond motifs is 1. The van der Waals surface area contributed by atoms with Crippen LogP contribution in [0.2, 0.25) is 0 Å². The maximum absolute atomic E-state index is 12.3. The summed E-state index contributed by atoms with van der Waals surface area (Å²) >= 11 is 0. The largest absolute Gasteiger partial charge is 0.501 e. The van der Waals surface area contributed by atoms with Crippen molar-refractivity contribution in [2.75, 3.05) is 7.11 Å². The topological polar surface area (TPSA) is 120 Å². The van der Waals surface area contributed by atoms with E-state index in [1.165, 1.54) is 4.57 Å². The minimum atomic E-state index is -0.877. The number of esters is 1. The van der Waals surface area contributed by atoms with Crippen molar-refractivity contribution >= 4 is 12.1 Å². The van der Waals surface area contributed by atoms with E-state index in [1.807, 2.05) is 30.3 Å². The third-order valence-electron chi connectivity index (χ3n) is 4.26. The molecule has 1 aliphatic heterocycles. The van der Waals surface area contributed by atoms with Crippen molar-refractivity contribution in [2.45, 2.75) is 32.0 Å². The highest BCUT2D eigenvalue weighted by Gasteiger charge is 2.27. The van der Waals surface area contributed by atoms with E-state index in [-0.39, 0.29) is 19.2 Å². The molecule has 1 aromatic heterocycles. The van der Waals surface area contributed by atoms with Crippen LogP contribution in [0.1, 0.15) is 28.3 Å². The van der Waals surface area contributed by atoms with Crippen molar-refractivity contribution in [1.82, 2.24) is 14.9 Å². The minimum absolute atomic E-state index is 0.122. The predicted molar refractivity (Wildman–Crippen MR) is 93.4 cm³/mol. The van der Waals surface area contributed by atoms with Gasteiger partial charge < -0.3 is 19.9 Å². The molecule has 2 aromatic rings. The van der Waals surface area contributed by atoms with Gasteiger partial charge in [0.05, 0.1) is 13.2 Å². The van der Waals surface area contributed by atoms with Crippen LogP contribution < -0.4 is 10.9 Å². The van der Waals surface area contributed by atoms with Gasteiger partial charge in [-0.2, -0.15) is 0 Å². The Labute approximate surface area is 154 Å². The van der Waals surface area contributed by atoms with Crippen molar-refractivity contribution < 1.29 is 24.2 Å². The third-order valence-corrected chi connectivity index (χ3v) is 4.26. The van der Waals surface area contributed by atoms with Crippen LogP contribution in [0.25, 0.3) is 0 Å². The van der Waals surface area contributed by atoms with Gasteiger partial charge in [-0.05, 0) is 12.0 Å². The summed E-state index contributed by atoms with van der Waals surface area (Å²) in [5, 5.41) is 12.6. The van der Waals surface area contributed by atoms with Gasteiger partial charge >= 0.3 is 12.1 Å². The van der Waals surface area contributed by atoms with E-state index in [9.17, 15) is 19.5 Å². The van der Waals surface area contributed by atoms with Crippen LogP contribution in [0.4, 0.5) is 4.79 Å². The number of carbonyl (C=O) groups excluding carboxylic acids is 2. The van der Waals surface area contributed by atoms with E-state index >= 15 is 0 Å². The van der Waals surface area contributed by atoms with Gasteiger partial charge in [-0.1, -0.05) is 30.3 Å². The number of aryl methyl sites for hydroxylation is 1. The lowest BCUT2D eigenvalue weighted by Crippen LogP contribution is -2.45. The molecule has 0 spiro atoms. The molecule has 9 nitrogen and oxygen atoms in total. The molecule has 1 aliphatic rings. The van der Waals surface area contributed by atoms with E-state index in [0.29, 0.717) is 18.7 Å². The van der Waals surface area contributed by atoms with Crippen LogP contribution in [-0.2, 0) is 29.0 Å². The highest BCUT2D eigenvalue weighted by Crippen LogP contribution is 2.17. The third kappa shape index (κ3) is 4.08. The zero-order valence-corrected chi connectivity index (χ0v) is 14.7. The summed E-state index contributed by atoms with van der Waals surface area (Å²) in [7, 11) is 1.14. The Balaban J connectivity index is 1.66. The van der Waals surface area contributed by atoms with Crippen LogP contribution in [0.5, 0.6) is 5.75 Å². The molecule has 142 valence electrons. The summed E-state index contributed by atoms with van der Waals surface area (Å²) in [5.41, 5.74) is -0.283. The Kier molecular flexibility index (Phi) is 5.39. The summed E-state index contributed by atoms with van der Waals surface area (Å²) < 4.78 is 10.9. The highest BCUT2D eigenvalue weighted by atomic mass is 16.5. The lowest BCUT2D eigenvalue weighted by atomic mass is 10.1. The first-order valence-electron chi connectivity index (χ1n) is 8.37. The first kappa shape index (κ1) is 18.4. The number of aromatic nitrogens is 2. The number of nitrogens with zero attached hydrogens (tertiary/aromatic N) is 2. The van der Waals surface area contributed by atoms with Gasteiger partial charge in [-0.25, -0.2) is 14.6 Å². The first-order valence-corrected chi connectivity index (χ1v) is 8.37. The summed E-state index contributed by atoms with van der Waals surface area (Å²) in [4.78, 5) is 39.9. The van der Waals surface area contributed by atoms with Crippen molar-refractivity contribution in [2.24, 2.45) is 0 Å². The first-order chi connectivity index (χ1) is 13.0. The van der Waals surface area contributed by atoms with E-state index in [4.69, 9.17) is 4.74 Å². The average molecular weight is 373 g/mol. The highest BCUT2D eigenvalue weighted by molar-refractivity contribution is 5.89. The Morgan fingerprint density at radius 1 is 1.33 bits per heavy atom. The van der Waals surface area contributed by atoms with Crippen LogP contribution >= 0.6 is 0 Å². The second kappa shape index (κ2) is 7.90. The molecule has 0 saturated heterocycles. The summed E-state index contributed by atoms with van der Waals surface area (Å²) in [6.07, 6.45) is 0.269. The van der Waals surface area contributed by atoms with Crippen molar-refractivity contribution in [1.29, 1.82) is 0 Å². The summed E-state index contributed by atoms with van der Waals surface area (Å²) in [6, 6.07) is 8.90. The van der Waals surface area contributed by atoms with Gasteiger partial charge in [0.25, 0.3) is 5.56 Å². The standard InChI is InChI=1S/C18H19N3O6/c1-26-17(24)14-15(22)16(23)21-9-12(7-8-13(21)20-14)19-18(25)27-10-11-5-3-2-4-6-11/h2-6,12,22H,7-10H2,1H3,(H,19,25)/t12-/m0/s1. The number of rotatable bonds is 4. The fourth-order valence-corrected chi connectivity index (χ4v) is 2.87. The number of ether oxygens (including phenoxy) is 2. The molecule has 27 heavy (non-hydrogen) atoms. The monoisotopic (exact) mass is 373 g/mol. The Morgan fingerprint density at radius 2 is 2.07 bits per heavy atom. The van der Waals surface area contributed by atoms with Gasteiger partial charge in [0.2, 0.25) is 5.75 Å². The molecular weight excluding hydrogens is 354 g/mol. The lowest BCUT2D eigenvalue weighted by molar-refractivity contribution is 0.0588. The maximum atomic E-state index is 12.3. The Morgan fingerprint density at radius 3 is 2.78 bits per heavy atom. The molecule has 0 unspecified atom stereocenters. The molecule has 0 saturated carbocycles. The molecule has 1 aromatic carbocycles. The number of nitrogens with one attached hydrogen (secondary N) is 1. The van der Waals surface area contributed by atoms with Crippen molar-refractivity contribution in [3.63, 3.8) is 0 Å². The fraction of sp³-hybridized carbons (Fsp3) is 0.333. The number of benzene rings is 1. The van der Waals surface area contributed by atoms with Crippen LogP contribution in [0, 0.1) is 0 Å². The van der Waals surface area contributed by atoms with Gasteiger partial charge in [-0.3, -0.25) is 9.36 Å². The molecule has 9 heteroatoms. The van der Waals surface area contributed by atoms with Crippen molar-refractivity contribution in [3.05, 3.63) is 57.8 Å². The molecular formula is C18H19N3O6. The van der Waals surface area contributed by atoms with Crippen LogP contribution in [0.3, 0.4) is 0 Å². The number of hydrogen-bond acceptors (Lipinski definition) is 7. The van der Waals surface area contributed by atoms with E-state index in [2.05, 4.69) is 15.0 Å². The summed E-state index contributed by atoms with van der Waals surface area (Å²) in [6.45, 7) is 0.261. The number of carbonyl (C=O) groups is 2. The maximum Gasteiger partial charge on any atom is 0.407 e. The van der Waals surface area contributed by atoms with Crippen LogP contribution in [0.15, 0.2) is 35.1 Å². The van der Waals surface area contributed by atoms with Gasteiger partial charge in [0.15, 0.2) is 5.69 Å². The zero-order valence-electron chi connectivity index (χ0n) is 14.7. The molecule has 3 rings (SSSR count). The normalized spacial score (nSPS) is 15.5. The number of amides is 1. The van der Waals surface area contributed by atoms with Gasteiger partial charge in [0, 0.05) is 13.0 Å². The quantitative estimate of drug-likeness (QED) is 0.767. The molecule has 0 bridgehead atoms. The number of hydrogen-bond donors (Lipinski definition) is 2. The molecule has 0 fully saturated rings. The fourth-order valence-electron chi connectivity index (χ4n) is 2.87. The van der Waals surface area contributed by atoms with E-state index in [0.717, 1.165) is 12.7 Å². The second-order valence-electron chi connectivity index (χ2n) is 6.07. The molecule has 0 radical (unpaired) electrons. The average Bonchev–Trinajstić information content (AvgIpc) is 2.69. The minimum Gasteiger partial charge on any atom is -0.501 e. The number of alkyl carbamates (subject to hydrolysis) is 1. The van der Waals surface area contributed by atoms with Gasteiger partial charge in [-0.15, -0.1) is 0 Å². The van der Waals surface area contributed by atoms with Crippen LogP contribution in [-0.4, -0.2) is 39.9 Å². The molecule has 2 N–H and O–H groups in total. The van der Waals surface area contributed by atoms with E-state index in [1.54, 1.807) is 0 Å². The molecule has 1 atom stereocenters. The van der Waals surface area contributed by atoms with E-state index < -0.39 is 29.1 Å². The van der Waals surface area contributed by atoms with Gasteiger partial charge in [0.1, 0.15) is 12.4 Å². The van der Waals surface area contributed by atoms with Crippen molar-refractivity contribution in [3.8, 4) is 5.75 Å². The molecule has 2 heterocycles. The number of aromatic hydroxyl groups is 1. The SMILES string of the molecule is COC(=O)c1nc2n(c(=O)c1O)C[C@@H](NC(=O)OCc1ccccc1)CC2. The Bertz CT molecular complexity index is 909. The zero-order chi connectivity index (χ0) is 19.4. The smallest absolute Gasteiger partial charge is 0.407 e. The second-order valence-corrected chi connectivity index (χ2v) is 6.07. The number of methoxy groups -OCH3 is 1. The molecule has 1 amide bonds. The lowest BCUT2D eigenvalue weighted by Gasteiger charge is -2.26. The summed E-state index contributed by atoms with van der Waals surface area (Å²) in [5.74, 6) is -1.29.